The Morgan fingerprint density at radius 2 is 1.89 bits per heavy atom. The largest absolute Gasteiger partial charge is 0.295 e. The summed E-state index contributed by atoms with van der Waals surface area (Å²) in [6.45, 7) is 4.30. The van der Waals surface area contributed by atoms with Crippen LogP contribution in [0.5, 0.6) is 0 Å². The monoisotopic (exact) mass is 251 g/mol. The SMILES string of the molecule is CC1(C)CC(=O)C=C(c2cccc3cccnc23)C1. The molecular formula is C17H17NO. The summed E-state index contributed by atoms with van der Waals surface area (Å²) in [4.78, 5) is 16.4. The van der Waals surface area contributed by atoms with E-state index >= 15 is 0 Å². The number of carbonyl (C=O) groups is 1. The van der Waals surface area contributed by atoms with Crippen molar-refractivity contribution in [2.24, 2.45) is 5.41 Å². The second kappa shape index (κ2) is 4.30. The molecule has 0 atom stereocenters. The number of nitrogens with zero attached hydrogens (tertiary/aromatic N) is 1. The van der Waals surface area contributed by atoms with Gasteiger partial charge in [0.05, 0.1) is 5.52 Å². The van der Waals surface area contributed by atoms with E-state index in [-0.39, 0.29) is 11.2 Å². The zero-order valence-corrected chi connectivity index (χ0v) is 11.3. The number of aromatic nitrogens is 1. The number of pyridine rings is 1. The topological polar surface area (TPSA) is 30.0 Å². The Kier molecular flexibility index (Phi) is 2.74. The summed E-state index contributed by atoms with van der Waals surface area (Å²) in [5, 5.41) is 1.12. The van der Waals surface area contributed by atoms with Crippen molar-refractivity contribution in [3.63, 3.8) is 0 Å². The number of para-hydroxylation sites is 1. The summed E-state index contributed by atoms with van der Waals surface area (Å²) in [6.07, 6.45) is 5.17. The van der Waals surface area contributed by atoms with Gasteiger partial charge in [-0.05, 0) is 29.6 Å². The molecule has 1 aromatic heterocycles. The second-order valence-electron chi connectivity index (χ2n) is 6.03. The van der Waals surface area contributed by atoms with Crippen LogP contribution < -0.4 is 0 Å². The molecule has 0 aliphatic heterocycles. The molecule has 1 aliphatic rings. The number of rotatable bonds is 1. The fraction of sp³-hybridized carbons (Fsp3) is 0.294. The van der Waals surface area contributed by atoms with Crippen molar-refractivity contribution in [2.75, 3.05) is 0 Å². The van der Waals surface area contributed by atoms with Crippen LogP contribution in [0.4, 0.5) is 0 Å². The van der Waals surface area contributed by atoms with Crippen LogP contribution in [0, 0.1) is 5.41 Å². The van der Waals surface area contributed by atoms with Gasteiger partial charge in [0.1, 0.15) is 0 Å². The van der Waals surface area contributed by atoms with Crippen molar-refractivity contribution in [3.8, 4) is 0 Å². The van der Waals surface area contributed by atoms with Crippen LogP contribution in [0.25, 0.3) is 16.5 Å². The molecule has 0 bridgehead atoms. The van der Waals surface area contributed by atoms with E-state index in [1.54, 1.807) is 6.08 Å². The predicted octanol–water partition coefficient (Wildman–Crippen LogP) is 4.01. The van der Waals surface area contributed by atoms with Crippen molar-refractivity contribution in [2.45, 2.75) is 26.7 Å². The van der Waals surface area contributed by atoms with Crippen LogP contribution >= 0.6 is 0 Å². The fourth-order valence-corrected chi connectivity index (χ4v) is 2.88. The number of hydrogen-bond donors (Lipinski definition) is 0. The Balaban J connectivity index is 2.17. The lowest BCUT2D eigenvalue weighted by Crippen LogP contribution is -2.21. The summed E-state index contributed by atoms with van der Waals surface area (Å²) in [6, 6.07) is 10.2. The maximum absolute atomic E-state index is 11.9. The van der Waals surface area contributed by atoms with Gasteiger partial charge < -0.3 is 0 Å². The highest BCUT2D eigenvalue weighted by atomic mass is 16.1. The summed E-state index contributed by atoms with van der Waals surface area (Å²) in [7, 11) is 0. The van der Waals surface area contributed by atoms with Crippen molar-refractivity contribution < 1.29 is 4.79 Å². The van der Waals surface area contributed by atoms with Crippen molar-refractivity contribution in [1.82, 2.24) is 4.98 Å². The van der Waals surface area contributed by atoms with Gasteiger partial charge in [-0.3, -0.25) is 9.78 Å². The Bertz CT molecular complexity index is 677. The van der Waals surface area contributed by atoms with Gasteiger partial charge in [0.15, 0.2) is 5.78 Å². The minimum absolute atomic E-state index is 0.0398. The molecule has 96 valence electrons. The van der Waals surface area contributed by atoms with Gasteiger partial charge in [-0.15, -0.1) is 0 Å². The van der Waals surface area contributed by atoms with E-state index in [4.69, 9.17) is 0 Å². The molecule has 1 aliphatic carbocycles. The van der Waals surface area contributed by atoms with Crippen LogP contribution in [-0.2, 0) is 4.79 Å². The van der Waals surface area contributed by atoms with Gasteiger partial charge in [-0.1, -0.05) is 38.1 Å². The molecule has 0 radical (unpaired) electrons. The molecule has 3 rings (SSSR count). The van der Waals surface area contributed by atoms with E-state index in [0.717, 1.165) is 28.5 Å². The van der Waals surface area contributed by atoms with E-state index in [1.807, 2.05) is 18.3 Å². The van der Waals surface area contributed by atoms with E-state index in [0.29, 0.717) is 6.42 Å². The van der Waals surface area contributed by atoms with E-state index in [1.165, 1.54) is 0 Å². The van der Waals surface area contributed by atoms with Gasteiger partial charge in [0.25, 0.3) is 0 Å². The quantitative estimate of drug-likeness (QED) is 0.766. The first-order valence-corrected chi connectivity index (χ1v) is 6.63. The number of benzene rings is 1. The first kappa shape index (κ1) is 12.1. The third-order valence-electron chi connectivity index (χ3n) is 3.64. The minimum Gasteiger partial charge on any atom is -0.295 e. The molecule has 19 heavy (non-hydrogen) atoms. The van der Waals surface area contributed by atoms with Crippen LogP contribution in [-0.4, -0.2) is 10.8 Å². The normalized spacial score (nSPS) is 18.4. The van der Waals surface area contributed by atoms with Gasteiger partial charge in [0.2, 0.25) is 0 Å². The van der Waals surface area contributed by atoms with Crippen LogP contribution in [0.2, 0.25) is 0 Å². The van der Waals surface area contributed by atoms with Crippen LogP contribution in [0.3, 0.4) is 0 Å². The molecule has 1 aromatic carbocycles. The summed E-state index contributed by atoms with van der Waals surface area (Å²) in [5.41, 5.74) is 3.24. The number of carbonyl (C=O) groups excluding carboxylic acids is 1. The first-order valence-electron chi connectivity index (χ1n) is 6.63. The Labute approximate surface area is 113 Å². The molecule has 2 nitrogen and oxygen atoms in total. The van der Waals surface area contributed by atoms with Gasteiger partial charge in [0, 0.05) is 23.6 Å². The number of hydrogen-bond acceptors (Lipinski definition) is 2. The van der Waals surface area contributed by atoms with Gasteiger partial charge >= 0.3 is 0 Å². The number of fused-ring (bicyclic) bond motifs is 1. The molecule has 0 amide bonds. The molecule has 0 fully saturated rings. The minimum atomic E-state index is 0.0398. The average molecular weight is 251 g/mol. The van der Waals surface area contributed by atoms with Crippen LogP contribution in [0.1, 0.15) is 32.3 Å². The fourth-order valence-electron chi connectivity index (χ4n) is 2.88. The molecular weight excluding hydrogens is 234 g/mol. The highest BCUT2D eigenvalue weighted by Crippen LogP contribution is 2.39. The van der Waals surface area contributed by atoms with E-state index < -0.39 is 0 Å². The third-order valence-corrected chi connectivity index (χ3v) is 3.64. The van der Waals surface area contributed by atoms with Crippen molar-refractivity contribution in [3.05, 3.63) is 48.2 Å². The molecule has 1 heterocycles. The maximum Gasteiger partial charge on any atom is 0.156 e. The van der Waals surface area contributed by atoms with Gasteiger partial charge in [-0.2, -0.15) is 0 Å². The van der Waals surface area contributed by atoms with E-state index in [9.17, 15) is 4.79 Å². The maximum atomic E-state index is 11.9. The highest BCUT2D eigenvalue weighted by Gasteiger charge is 2.28. The van der Waals surface area contributed by atoms with Crippen molar-refractivity contribution >= 4 is 22.3 Å². The Hall–Kier alpha value is -1.96. The average Bonchev–Trinajstić information content (AvgIpc) is 2.35. The second-order valence-corrected chi connectivity index (χ2v) is 6.03. The molecule has 0 saturated carbocycles. The molecule has 0 unspecified atom stereocenters. The molecule has 2 aromatic rings. The third kappa shape index (κ3) is 2.30. The lowest BCUT2D eigenvalue weighted by atomic mass is 9.75. The Morgan fingerprint density at radius 3 is 2.68 bits per heavy atom. The molecule has 0 N–H and O–H groups in total. The highest BCUT2D eigenvalue weighted by molar-refractivity contribution is 6.02. The summed E-state index contributed by atoms with van der Waals surface area (Å²) < 4.78 is 0. The van der Waals surface area contributed by atoms with E-state index in [2.05, 4.69) is 37.0 Å². The number of ketones is 1. The molecule has 0 saturated heterocycles. The van der Waals surface area contributed by atoms with Gasteiger partial charge in [-0.25, -0.2) is 0 Å². The zero-order valence-electron chi connectivity index (χ0n) is 11.3. The lowest BCUT2D eigenvalue weighted by Gasteiger charge is -2.29. The lowest BCUT2D eigenvalue weighted by molar-refractivity contribution is -0.116. The van der Waals surface area contributed by atoms with Crippen LogP contribution in [0.15, 0.2) is 42.6 Å². The van der Waals surface area contributed by atoms with Crippen molar-refractivity contribution in [1.29, 1.82) is 0 Å². The molecule has 2 heteroatoms. The Morgan fingerprint density at radius 1 is 1.11 bits per heavy atom. The summed E-state index contributed by atoms with van der Waals surface area (Å²) in [5.74, 6) is 0.221. The standard InChI is InChI=1S/C17H17NO/c1-17(2)10-13(9-14(19)11-17)15-7-3-5-12-6-4-8-18-16(12)15/h3-9H,10-11H2,1-2H3. The predicted molar refractivity (Wildman–Crippen MR) is 77.7 cm³/mol. The smallest absolute Gasteiger partial charge is 0.156 e. The summed E-state index contributed by atoms with van der Waals surface area (Å²) >= 11 is 0. The zero-order chi connectivity index (χ0) is 13.5. The first-order chi connectivity index (χ1) is 9.05. The number of allylic oxidation sites excluding steroid dienone is 2. The molecule has 0 spiro atoms.